The minimum atomic E-state index is 0.726. The SMILES string of the molecule is COCCN(CCOC)c1ccc(CBr)cc1. The topological polar surface area (TPSA) is 21.7 Å². The molecule has 0 aliphatic heterocycles. The highest BCUT2D eigenvalue weighted by Crippen LogP contribution is 2.16. The van der Waals surface area contributed by atoms with Crippen LogP contribution in [0.25, 0.3) is 0 Å². The Morgan fingerprint density at radius 1 is 1.00 bits per heavy atom. The predicted molar refractivity (Wildman–Crippen MR) is 75.0 cm³/mol. The van der Waals surface area contributed by atoms with Gasteiger partial charge in [0.2, 0.25) is 0 Å². The van der Waals surface area contributed by atoms with Gasteiger partial charge in [-0.25, -0.2) is 0 Å². The van der Waals surface area contributed by atoms with Gasteiger partial charge in [0, 0.05) is 38.3 Å². The Morgan fingerprint density at radius 3 is 1.94 bits per heavy atom. The lowest BCUT2D eigenvalue weighted by Crippen LogP contribution is -2.30. The predicted octanol–water partition coefficient (Wildman–Crippen LogP) is 2.68. The molecule has 0 saturated carbocycles. The van der Waals surface area contributed by atoms with Crippen LogP contribution in [0, 0.1) is 0 Å². The molecule has 0 heterocycles. The summed E-state index contributed by atoms with van der Waals surface area (Å²) in [4.78, 5) is 2.27. The highest BCUT2D eigenvalue weighted by Gasteiger charge is 2.05. The van der Waals surface area contributed by atoms with E-state index in [4.69, 9.17) is 9.47 Å². The minimum absolute atomic E-state index is 0.726. The molecule has 0 fully saturated rings. The number of hydrogen-bond acceptors (Lipinski definition) is 3. The summed E-state index contributed by atoms with van der Waals surface area (Å²) < 4.78 is 10.3. The number of anilines is 1. The molecule has 96 valence electrons. The lowest BCUT2D eigenvalue weighted by atomic mass is 10.2. The molecule has 0 aromatic heterocycles. The van der Waals surface area contributed by atoms with Gasteiger partial charge >= 0.3 is 0 Å². The Morgan fingerprint density at radius 2 is 1.53 bits per heavy atom. The first kappa shape index (κ1) is 14.5. The average Bonchev–Trinajstić information content (AvgIpc) is 2.39. The third-order valence-electron chi connectivity index (χ3n) is 2.59. The molecule has 0 amide bonds. The van der Waals surface area contributed by atoms with Crippen molar-refractivity contribution in [3.8, 4) is 0 Å². The summed E-state index contributed by atoms with van der Waals surface area (Å²) in [7, 11) is 3.45. The van der Waals surface area contributed by atoms with E-state index < -0.39 is 0 Å². The first-order chi connectivity index (χ1) is 8.31. The first-order valence-corrected chi connectivity index (χ1v) is 6.81. The van der Waals surface area contributed by atoms with Crippen LogP contribution in [0.2, 0.25) is 0 Å². The normalized spacial score (nSPS) is 10.5. The fourth-order valence-corrected chi connectivity index (χ4v) is 1.94. The van der Waals surface area contributed by atoms with E-state index in [1.165, 1.54) is 11.3 Å². The molecule has 0 aliphatic rings. The number of rotatable bonds is 8. The van der Waals surface area contributed by atoms with Crippen molar-refractivity contribution in [2.75, 3.05) is 45.4 Å². The number of benzene rings is 1. The molecule has 0 spiro atoms. The number of alkyl halides is 1. The van der Waals surface area contributed by atoms with Gasteiger partial charge in [0.05, 0.1) is 13.2 Å². The average molecular weight is 302 g/mol. The van der Waals surface area contributed by atoms with Gasteiger partial charge in [0.25, 0.3) is 0 Å². The molecule has 3 nitrogen and oxygen atoms in total. The van der Waals surface area contributed by atoms with Gasteiger partial charge in [-0.2, -0.15) is 0 Å². The van der Waals surface area contributed by atoms with Gasteiger partial charge in [-0.15, -0.1) is 0 Å². The number of methoxy groups -OCH3 is 2. The highest BCUT2D eigenvalue weighted by atomic mass is 79.9. The number of halogens is 1. The van der Waals surface area contributed by atoms with Crippen LogP contribution in [-0.2, 0) is 14.8 Å². The van der Waals surface area contributed by atoms with Gasteiger partial charge in [-0.1, -0.05) is 28.1 Å². The molecule has 0 saturated heterocycles. The second-order valence-electron chi connectivity index (χ2n) is 3.77. The van der Waals surface area contributed by atoms with Crippen molar-refractivity contribution in [2.45, 2.75) is 5.33 Å². The van der Waals surface area contributed by atoms with Crippen LogP contribution >= 0.6 is 15.9 Å². The summed E-state index contributed by atoms with van der Waals surface area (Å²) in [6.45, 7) is 3.22. The van der Waals surface area contributed by atoms with Crippen molar-refractivity contribution in [1.29, 1.82) is 0 Å². The third kappa shape index (κ3) is 5.06. The van der Waals surface area contributed by atoms with Crippen molar-refractivity contribution in [3.63, 3.8) is 0 Å². The van der Waals surface area contributed by atoms with Gasteiger partial charge < -0.3 is 14.4 Å². The molecular weight excluding hydrogens is 282 g/mol. The molecule has 1 rings (SSSR count). The van der Waals surface area contributed by atoms with Gasteiger partial charge in [0.15, 0.2) is 0 Å². The molecule has 4 heteroatoms. The van der Waals surface area contributed by atoms with Crippen LogP contribution in [0.1, 0.15) is 5.56 Å². The molecule has 0 radical (unpaired) electrons. The maximum absolute atomic E-state index is 5.13. The summed E-state index contributed by atoms with van der Waals surface area (Å²) >= 11 is 3.45. The van der Waals surface area contributed by atoms with Gasteiger partial charge in [0.1, 0.15) is 0 Å². The molecule has 0 N–H and O–H groups in total. The smallest absolute Gasteiger partial charge is 0.0637 e. The van der Waals surface area contributed by atoms with E-state index in [0.717, 1.165) is 31.6 Å². The Hall–Kier alpha value is -0.580. The monoisotopic (exact) mass is 301 g/mol. The zero-order valence-electron chi connectivity index (χ0n) is 10.5. The van der Waals surface area contributed by atoms with E-state index in [-0.39, 0.29) is 0 Å². The fraction of sp³-hybridized carbons (Fsp3) is 0.538. The zero-order valence-corrected chi connectivity index (χ0v) is 12.1. The standard InChI is InChI=1S/C13H20BrNO2/c1-16-9-7-15(8-10-17-2)13-5-3-12(11-14)4-6-13/h3-6H,7-11H2,1-2H3. The molecule has 0 unspecified atom stereocenters. The van der Waals surface area contributed by atoms with E-state index in [0.29, 0.717) is 0 Å². The van der Waals surface area contributed by atoms with E-state index >= 15 is 0 Å². The van der Waals surface area contributed by atoms with Crippen LogP contribution < -0.4 is 4.90 Å². The van der Waals surface area contributed by atoms with Crippen LogP contribution in [0.5, 0.6) is 0 Å². The summed E-state index contributed by atoms with van der Waals surface area (Å²) in [5.74, 6) is 0. The minimum Gasteiger partial charge on any atom is -0.383 e. The molecule has 0 bridgehead atoms. The summed E-state index contributed by atoms with van der Waals surface area (Å²) in [5.41, 5.74) is 2.50. The Labute approximate surface area is 112 Å². The molecule has 17 heavy (non-hydrogen) atoms. The number of hydrogen-bond donors (Lipinski definition) is 0. The first-order valence-electron chi connectivity index (χ1n) is 5.69. The summed E-state index contributed by atoms with van der Waals surface area (Å²) in [6, 6.07) is 8.55. The second kappa shape index (κ2) is 8.50. The third-order valence-corrected chi connectivity index (χ3v) is 3.23. The second-order valence-corrected chi connectivity index (χ2v) is 4.33. The van der Waals surface area contributed by atoms with Crippen LogP contribution in [-0.4, -0.2) is 40.5 Å². The van der Waals surface area contributed by atoms with Crippen molar-refractivity contribution < 1.29 is 9.47 Å². The van der Waals surface area contributed by atoms with E-state index in [9.17, 15) is 0 Å². The fourth-order valence-electron chi connectivity index (χ4n) is 1.57. The van der Waals surface area contributed by atoms with Gasteiger partial charge in [-0.3, -0.25) is 0 Å². The number of nitrogens with zero attached hydrogens (tertiary/aromatic N) is 1. The molecule has 1 aromatic rings. The Balaban J connectivity index is 2.65. The molecule has 0 atom stereocenters. The van der Waals surface area contributed by atoms with Crippen molar-refractivity contribution >= 4 is 21.6 Å². The van der Waals surface area contributed by atoms with E-state index in [1.807, 2.05) is 0 Å². The lowest BCUT2D eigenvalue weighted by Gasteiger charge is -2.24. The zero-order chi connectivity index (χ0) is 12.5. The highest BCUT2D eigenvalue weighted by molar-refractivity contribution is 9.08. The van der Waals surface area contributed by atoms with E-state index in [1.54, 1.807) is 14.2 Å². The van der Waals surface area contributed by atoms with Gasteiger partial charge in [-0.05, 0) is 17.7 Å². The Kier molecular flexibility index (Phi) is 7.24. The van der Waals surface area contributed by atoms with Crippen LogP contribution in [0.4, 0.5) is 5.69 Å². The maximum Gasteiger partial charge on any atom is 0.0637 e. The van der Waals surface area contributed by atoms with Crippen LogP contribution in [0.15, 0.2) is 24.3 Å². The number of ether oxygens (including phenoxy) is 2. The van der Waals surface area contributed by atoms with Crippen molar-refractivity contribution in [2.24, 2.45) is 0 Å². The lowest BCUT2D eigenvalue weighted by molar-refractivity contribution is 0.190. The molecular formula is C13H20BrNO2. The van der Waals surface area contributed by atoms with E-state index in [2.05, 4.69) is 45.1 Å². The van der Waals surface area contributed by atoms with Crippen LogP contribution in [0.3, 0.4) is 0 Å². The van der Waals surface area contributed by atoms with Crippen molar-refractivity contribution in [3.05, 3.63) is 29.8 Å². The largest absolute Gasteiger partial charge is 0.383 e. The summed E-state index contributed by atoms with van der Waals surface area (Å²) in [5, 5.41) is 0.892. The Bertz CT molecular complexity index is 295. The maximum atomic E-state index is 5.13. The van der Waals surface area contributed by atoms with Crippen molar-refractivity contribution in [1.82, 2.24) is 0 Å². The summed E-state index contributed by atoms with van der Waals surface area (Å²) in [6.07, 6.45) is 0. The molecule has 1 aromatic carbocycles. The quantitative estimate of drug-likeness (QED) is 0.689. The molecule has 0 aliphatic carbocycles.